The average Bonchev–Trinajstić information content (AvgIpc) is 3.72. The van der Waals surface area contributed by atoms with Crippen molar-refractivity contribution in [2.45, 2.75) is 58.2 Å². The van der Waals surface area contributed by atoms with Crippen LogP contribution in [-0.2, 0) is 16.6 Å². The maximum Gasteiger partial charge on any atom is 0.269 e. The van der Waals surface area contributed by atoms with E-state index in [2.05, 4.69) is 37.9 Å². The monoisotopic (exact) mass is 566 g/mol. The number of anilines is 1. The lowest BCUT2D eigenvalue weighted by Crippen LogP contribution is -2.49. The molecule has 2 bridgehead atoms. The number of aromatic nitrogens is 3. The van der Waals surface area contributed by atoms with E-state index in [4.69, 9.17) is 18.6 Å². The number of hydrogen-bond donors (Lipinski definition) is 3. The standard InChI is InChI=1S/C31H30N6O5/c1-16-36-37-28(41-16)22-15-40-27(33-22)21-14-31-18-7-5-6-8-20(18)34-29(31)42-23-11-9-17(13-19(23)31)10-12-24(38)35-25(26(39)32-21)30(2,3)4/h5-9,11,13-15,25,29,34H,10,12H2,1-4H3,(H,32,39)(H,35,38)/b21-14+. The topological polar surface area (TPSA) is 148 Å². The van der Waals surface area contributed by atoms with Crippen LogP contribution in [0.25, 0.3) is 17.3 Å². The Hall–Kier alpha value is -4.93. The van der Waals surface area contributed by atoms with Gasteiger partial charge in [0.05, 0.1) is 0 Å². The molecule has 7 rings (SSSR count). The number of amides is 1. The van der Waals surface area contributed by atoms with Crippen LogP contribution >= 0.6 is 0 Å². The number of carbonyl (C=O) groups excluding carboxylic acids is 1. The third kappa shape index (κ3) is 4.15. The van der Waals surface area contributed by atoms with E-state index in [1.807, 2.05) is 57.2 Å². The van der Waals surface area contributed by atoms with Crippen LogP contribution in [0.5, 0.6) is 5.75 Å². The number of ether oxygens (including phenoxy) is 1. The van der Waals surface area contributed by atoms with Crippen LogP contribution in [0.3, 0.4) is 0 Å². The minimum atomic E-state index is -0.848. The van der Waals surface area contributed by atoms with E-state index < -0.39 is 23.1 Å². The Labute approximate surface area is 241 Å². The number of para-hydroxylation sites is 1. The zero-order valence-corrected chi connectivity index (χ0v) is 23.6. The summed E-state index contributed by atoms with van der Waals surface area (Å²) >= 11 is 0. The fourth-order valence-electron chi connectivity index (χ4n) is 5.89. The van der Waals surface area contributed by atoms with Gasteiger partial charge in [-0.15, -0.1) is 10.2 Å². The first-order valence-electron chi connectivity index (χ1n) is 13.8. The minimum Gasteiger partial charge on any atom is -0.495 e. The van der Waals surface area contributed by atoms with Gasteiger partial charge in [-0.25, -0.2) is 9.98 Å². The van der Waals surface area contributed by atoms with Crippen molar-refractivity contribution in [3.8, 4) is 17.3 Å². The number of aryl methyl sites for hydroxylation is 2. The quantitative estimate of drug-likeness (QED) is 0.307. The van der Waals surface area contributed by atoms with Gasteiger partial charge in [-0.2, -0.15) is 0 Å². The van der Waals surface area contributed by atoms with Crippen LogP contribution in [0, 0.1) is 12.3 Å². The molecule has 1 amide bonds. The second kappa shape index (κ2) is 9.30. The Kier molecular flexibility index (Phi) is 5.76. The fourth-order valence-corrected chi connectivity index (χ4v) is 5.89. The molecule has 5 heterocycles. The van der Waals surface area contributed by atoms with Crippen molar-refractivity contribution in [1.82, 2.24) is 20.5 Å². The number of rotatable bonds is 2. The number of aliphatic imine (C=N–C) groups is 1. The zero-order valence-electron chi connectivity index (χ0n) is 23.6. The first kappa shape index (κ1) is 26.0. The van der Waals surface area contributed by atoms with Crippen molar-refractivity contribution in [3.63, 3.8) is 0 Å². The molecular formula is C31H30N6O5. The number of nitrogens with one attached hydrogen (secondary N) is 2. The van der Waals surface area contributed by atoms with E-state index in [-0.39, 0.29) is 35.7 Å². The molecule has 42 heavy (non-hydrogen) atoms. The smallest absolute Gasteiger partial charge is 0.269 e. The first-order chi connectivity index (χ1) is 20.1. The van der Waals surface area contributed by atoms with Gasteiger partial charge in [0.2, 0.25) is 23.6 Å². The highest BCUT2D eigenvalue weighted by Crippen LogP contribution is 2.55. The molecule has 1 spiro atoms. The number of nitrogens with zero attached hydrogens (tertiary/aromatic N) is 4. The summed E-state index contributed by atoms with van der Waals surface area (Å²) in [5.74, 6) is 0.973. The van der Waals surface area contributed by atoms with Crippen LogP contribution in [0.15, 0.2) is 68.6 Å². The molecule has 0 saturated heterocycles. The molecule has 3 aliphatic heterocycles. The largest absolute Gasteiger partial charge is 0.495 e. The molecule has 3 aliphatic rings. The SMILES string of the molecule is Cc1nnc(-c2coc(C3=C\C45c6ccccc6NC4Oc4ccc(cc45)CCC(=O)NC(C(C)(C)C)\C(O)=N\3)n2)o1. The number of benzene rings is 2. The van der Waals surface area contributed by atoms with Crippen molar-refractivity contribution in [3.05, 3.63) is 83.3 Å². The van der Waals surface area contributed by atoms with E-state index in [0.29, 0.717) is 18.0 Å². The normalized spacial score (nSPS) is 25.7. The van der Waals surface area contributed by atoms with Crippen LogP contribution in [0.1, 0.15) is 55.7 Å². The summed E-state index contributed by atoms with van der Waals surface area (Å²) in [5.41, 5.74) is 2.99. The molecular weight excluding hydrogens is 536 g/mol. The van der Waals surface area contributed by atoms with Gasteiger partial charge in [0, 0.05) is 24.6 Å². The van der Waals surface area contributed by atoms with Gasteiger partial charge in [-0.3, -0.25) is 4.79 Å². The second-order valence-electron chi connectivity index (χ2n) is 11.9. The van der Waals surface area contributed by atoms with E-state index in [9.17, 15) is 9.90 Å². The molecule has 3 unspecified atom stereocenters. The summed E-state index contributed by atoms with van der Waals surface area (Å²) in [4.78, 5) is 22.4. The average molecular weight is 567 g/mol. The third-order valence-corrected chi connectivity index (χ3v) is 7.95. The van der Waals surface area contributed by atoms with E-state index in [0.717, 1.165) is 28.1 Å². The molecule has 3 N–H and O–H groups in total. The van der Waals surface area contributed by atoms with Gasteiger partial charge in [0.1, 0.15) is 29.2 Å². The van der Waals surface area contributed by atoms with Gasteiger partial charge >= 0.3 is 0 Å². The lowest BCUT2D eigenvalue weighted by atomic mass is 9.74. The summed E-state index contributed by atoms with van der Waals surface area (Å²) in [6, 6.07) is 13.2. The number of aliphatic hydroxyl groups excluding tert-OH is 1. The summed E-state index contributed by atoms with van der Waals surface area (Å²) in [7, 11) is 0. The van der Waals surface area contributed by atoms with Crippen molar-refractivity contribution in [2.75, 3.05) is 5.32 Å². The van der Waals surface area contributed by atoms with E-state index in [1.54, 1.807) is 6.92 Å². The molecule has 3 atom stereocenters. The Balaban J connectivity index is 1.50. The summed E-state index contributed by atoms with van der Waals surface area (Å²) in [6.07, 6.45) is 3.61. The minimum absolute atomic E-state index is 0.128. The Morgan fingerprint density at radius 1 is 1.02 bits per heavy atom. The van der Waals surface area contributed by atoms with Crippen LogP contribution in [-0.4, -0.2) is 44.4 Å². The highest BCUT2D eigenvalue weighted by molar-refractivity contribution is 5.91. The number of aliphatic hydroxyl groups is 1. The number of fused-ring (bicyclic) bond motifs is 2. The van der Waals surface area contributed by atoms with Gasteiger partial charge in [0.25, 0.3) is 5.89 Å². The van der Waals surface area contributed by atoms with Crippen LogP contribution in [0.4, 0.5) is 5.69 Å². The summed E-state index contributed by atoms with van der Waals surface area (Å²) in [5, 5.41) is 26.0. The van der Waals surface area contributed by atoms with Crippen molar-refractivity contribution < 1.29 is 23.5 Å². The maximum atomic E-state index is 13.1. The third-order valence-electron chi connectivity index (χ3n) is 7.95. The first-order valence-corrected chi connectivity index (χ1v) is 13.8. The van der Waals surface area contributed by atoms with Crippen molar-refractivity contribution in [2.24, 2.45) is 10.4 Å². The highest BCUT2D eigenvalue weighted by Gasteiger charge is 2.55. The van der Waals surface area contributed by atoms with Gasteiger partial charge in [0.15, 0.2) is 11.9 Å². The van der Waals surface area contributed by atoms with Crippen LogP contribution in [0.2, 0.25) is 0 Å². The Morgan fingerprint density at radius 2 is 1.86 bits per heavy atom. The molecule has 214 valence electrons. The Morgan fingerprint density at radius 3 is 2.64 bits per heavy atom. The molecule has 0 aliphatic carbocycles. The van der Waals surface area contributed by atoms with Gasteiger partial charge in [-0.05, 0) is 41.2 Å². The number of oxazole rings is 1. The second-order valence-corrected chi connectivity index (χ2v) is 11.9. The van der Waals surface area contributed by atoms with Gasteiger partial charge < -0.3 is 29.3 Å². The molecule has 2 aromatic carbocycles. The fraction of sp³-hybridized carbons (Fsp3) is 0.323. The van der Waals surface area contributed by atoms with Gasteiger partial charge in [-0.1, -0.05) is 51.1 Å². The molecule has 0 fully saturated rings. The molecule has 2 aromatic heterocycles. The highest BCUT2D eigenvalue weighted by atomic mass is 16.5. The summed E-state index contributed by atoms with van der Waals surface area (Å²) < 4.78 is 18.0. The van der Waals surface area contributed by atoms with E-state index in [1.165, 1.54) is 6.26 Å². The Bertz CT molecular complexity index is 1780. The van der Waals surface area contributed by atoms with Crippen molar-refractivity contribution in [1.29, 1.82) is 0 Å². The maximum absolute atomic E-state index is 13.1. The number of hydrogen-bond acceptors (Lipinski definition) is 9. The predicted molar refractivity (Wildman–Crippen MR) is 154 cm³/mol. The molecule has 0 radical (unpaired) electrons. The molecule has 0 saturated carbocycles. The van der Waals surface area contributed by atoms with Crippen LogP contribution < -0.4 is 15.4 Å². The number of carbonyl (C=O) groups is 1. The summed E-state index contributed by atoms with van der Waals surface area (Å²) in [6.45, 7) is 7.48. The lowest BCUT2D eigenvalue weighted by molar-refractivity contribution is -0.122. The van der Waals surface area contributed by atoms with E-state index >= 15 is 0 Å². The lowest BCUT2D eigenvalue weighted by Gasteiger charge is -2.30. The zero-order chi connectivity index (χ0) is 29.2. The molecule has 11 heteroatoms. The van der Waals surface area contributed by atoms with Crippen molar-refractivity contribution >= 4 is 23.2 Å². The molecule has 11 nitrogen and oxygen atoms in total. The molecule has 4 aromatic rings. The predicted octanol–water partition coefficient (Wildman–Crippen LogP) is 4.94.